The van der Waals surface area contributed by atoms with E-state index in [1.165, 1.54) is 7.05 Å². The fourth-order valence-corrected chi connectivity index (χ4v) is 0.437. The second-order valence-corrected chi connectivity index (χ2v) is 3.24. The van der Waals surface area contributed by atoms with Crippen LogP contribution in [0.15, 0.2) is 0 Å². The summed E-state index contributed by atoms with van der Waals surface area (Å²) in [7, 11) is 3.25. The van der Waals surface area contributed by atoms with E-state index in [1.807, 2.05) is 20.8 Å². The quantitative estimate of drug-likeness (QED) is 0.499. The molecule has 0 atom stereocenters. The lowest BCUT2D eigenvalue weighted by Crippen LogP contribution is -2.44. The number of nitrogens with zero attached hydrogens (tertiary/aromatic N) is 2. The van der Waals surface area contributed by atoms with Crippen molar-refractivity contribution >= 4 is 6.03 Å². The predicted octanol–water partition coefficient (Wildman–Crippen LogP) is 1.07. The van der Waals surface area contributed by atoms with Crippen LogP contribution in [0.5, 0.6) is 0 Å². The van der Waals surface area contributed by atoms with Gasteiger partial charge in [-0.1, -0.05) is 0 Å². The average molecular weight is 143 g/mol. The minimum Gasteiger partial charge on any atom is -0.321 e. The monoisotopic (exact) mass is 143 g/mol. The summed E-state index contributed by atoms with van der Waals surface area (Å²) < 4.78 is 0. The summed E-state index contributed by atoms with van der Waals surface area (Å²) in [5.74, 6) is 0. The lowest BCUT2D eigenvalue weighted by atomic mass is 10.1. The van der Waals surface area contributed by atoms with Crippen LogP contribution in [0.4, 0.5) is 4.79 Å². The van der Waals surface area contributed by atoms with E-state index in [0.717, 1.165) is 0 Å². The lowest BCUT2D eigenvalue weighted by molar-refractivity contribution is 0.167. The van der Waals surface area contributed by atoms with Crippen LogP contribution in [0, 0.1) is 0 Å². The molecular weight excluding hydrogens is 128 g/mol. The number of urea groups is 1. The van der Waals surface area contributed by atoms with Gasteiger partial charge in [0.15, 0.2) is 0 Å². The Labute approximate surface area is 62.4 Å². The molecule has 2 amide bonds. The Morgan fingerprint density at radius 1 is 1.40 bits per heavy atom. The average Bonchev–Trinajstić information content (AvgIpc) is 1.83. The molecule has 0 aromatic carbocycles. The Kier molecular flexibility index (Phi) is 2.69. The van der Waals surface area contributed by atoms with Crippen molar-refractivity contribution in [2.45, 2.75) is 26.3 Å². The Hall–Kier alpha value is -0.730. The summed E-state index contributed by atoms with van der Waals surface area (Å²) in [4.78, 5) is 12.5. The number of amides is 2. The minimum atomic E-state index is -0.174. The minimum absolute atomic E-state index is 0.128. The van der Waals surface area contributed by atoms with Gasteiger partial charge >= 0.3 is 6.03 Å². The molecule has 0 bridgehead atoms. The zero-order valence-electron chi connectivity index (χ0n) is 7.30. The molecule has 3 heteroatoms. The molecule has 3 nitrogen and oxygen atoms in total. The van der Waals surface area contributed by atoms with Crippen molar-refractivity contribution in [2.75, 3.05) is 14.1 Å². The third kappa shape index (κ3) is 2.25. The second kappa shape index (κ2) is 2.90. The van der Waals surface area contributed by atoms with Crippen molar-refractivity contribution in [2.24, 2.45) is 0 Å². The van der Waals surface area contributed by atoms with Gasteiger partial charge in [0.1, 0.15) is 0 Å². The predicted molar refractivity (Wildman–Crippen MR) is 41.0 cm³/mol. The van der Waals surface area contributed by atoms with Crippen LogP contribution >= 0.6 is 0 Å². The number of hydrogen-bond donors (Lipinski definition) is 0. The number of carbonyl (C=O) groups excluding carboxylic acids is 1. The highest BCUT2D eigenvalue weighted by atomic mass is 16.2. The third-order valence-corrected chi connectivity index (χ3v) is 1.48. The fourth-order valence-electron chi connectivity index (χ4n) is 0.437. The topological polar surface area (TPSA) is 34.4 Å². The molecule has 59 valence electrons. The first kappa shape index (κ1) is 9.27. The highest BCUT2D eigenvalue weighted by Gasteiger charge is 2.21. The molecule has 0 aliphatic heterocycles. The van der Waals surface area contributed by atoms with Crippen LogP contribution in [0.25, 0.3) is 0 Å². The molecule has 0 heterocycles. The van der Waals surface area contributed by atoms with Gasteiger partial charge in [-0.05, 0) is 20.8 Å². The first-order valence-electron chi connectivity index (χ1n) is 3.27. The molecule has 1 radical (unpaired) electrons. The summed E-state index contributed by atoms with van der Waals surface area (Å²) in [6.45, 7) is 5.90. The molecule has 0 aliphatic rings. The van der Waals surface area contributed by atoms with Gasteiger partial charge in [-0.25, -0.2) is 10.1 Å². The Balaban J connectivity index is 4.08. The maximum atomic E-state index is 10.9. The number of carbonyl (C=O) groups is 1. The van der Waals surface area contributed by atoms with Gasteiger partial charge < -0.3 is 4.90 Å². The highest BCUT2D eigenvalue weighted by molar-refractivity contribution is 5.73. The molecule has 0 saturated heterocycles. The third-order valence-electron chi connectivity index (χ3n) is 1.48. The van der Waals surface area contributed by atoms with Crippen LogP contribution in [0.3, 0.4) is 0 Å². The van der Waals surface area contributed by atoms with E-state index >= 15 is 0 Å². The van der Waals surface area contributed by atoms with E-state index in [2.05, 4.69) is 5.32 Å². The summed E-state index contributed by atoms with van der Waals surface area (Å²) in [5, 5.41) is 3.54. The van der Waals surface area contributed by atoms with Crippen LogP contribution in [-0.4, -0.2) is 30.6 Å². The molecule has 0 aliphatic carbocycles. The molecule has 0 rings (SSSR count). The standard InChI is InChI=1S/C7H15N2O/c1-7(2,3)9(5)6(10)8-4/h1-5H3. The summed E-state index contributed by atoms with van der Waals surface area (Å²) in [6.07, 6.45) is 0. The van der Waals surface area contributed by atoms with Crippen LogP contribution in [0.1, 0.15) is 20.8 Å². The molecule has 0 aromatic rings. The van der Waals surface area contributed by atoms with Gasteiger partial charge in [0, 0.05) is 19.6 Å². The summed E-state index contributed by atoms with van der Waals surface area (Å²) in [6, 6.07) is -0.174. The molecule has 0 unspecified atom stereocenters. The Morgan fingerprint density at radius 2 is 1.80 bits per heavy atom. The van der Waals surface area contributed by atoms with Crippen molar-refractivity contribution in [3.8, 4) is 0 Å². The van der Waals surface area contributed by atoms with E-state index in [9.17, 15) is 4.79 Å². The molecule has 10 heavy (non-hydrogen) atoms. The van der Waals surface area contributed by atoms with E-state index in [4.69, 9.17) is 0 Å². The van der Waals surface area contributed by atoms with E-state index < -0.39 is 0 Å². The molecule has 0 fully saturated rings. The van der Waals surface area contributed by atoms with Crippen molar-refractivity contribution < 1.29 is 4.79 Å². The largest absolute Gasteiger partial charge is 0.338 e. The summed E-state index contributed by atoms with van der Waals surface area (Å²) in [5.41, 5.74) is -0.128. The van der Waals surface area contributed by atoms with Gasteiger partial charge in [-0.2, -0.15) is 0 Å². The zero-order valence-corrected chi connectivity index (χ0v) is 7.30. The molecule has 0 spiro atoms. The normalized spacial score (nSPS) is 10.9. The van der Waals surface area contributed by atoms with Crippen LogP contribution < -0.4 is 5.32 Å². The Morgan fingerprint density at radius 3 is 1.90 bits per heavy atom. The first-order chi connectivity index (χ1) is 4.39. The molecule has 0 saturated carbocycles. The van der Waals surface area contributed by atoms with E-state index in [1.54, 1.807) is 11.9 Å². The molecule has 0 N–H and O–H groups in total. The summed E-state index contributed by atoms with van der Waals surface area (Å²) >= 11 is 0. The Bertz CT molecular complexity index is 126. The highest BCUT2D eigenvalue weighted by Crippen LogP contribution is 2.09. The van der Waals surface area contributed by atoms with Crippen LogP contribution in [-0.2, 0) is 0 Å². The molecule has 0 aromatic heterocycles. The maximum absolute atomic E-state index is 10.9. The molecular formula is C7H15N2O. The fraction of sp³-hybridized carbons (Fsp3) is 0.857. The lowest BCUT2D eigenvalue weighted by Gasteiger charge is -2.30. The van der Waals surface area contributed by atoms with Crippen molar-refractivity contribution in [1.82, 2.24) is 10.2 Å². The van der Waals surface area contributed by atoms with Crippen molar-refractivity contribution in [3.05, 3.63) is 0 Å². The second-order valence-electron chi connectivity index (χ2n) is 3.24. The maximum Gasteiger partial charge on any atom is 0.338 e. The van der Waals surface area contributed by atoms with Gasteiger partial charge in [0.2, 0.25) is 0 Å². The zero-order chi connectivity index (χ0) is 8.36. The van der Waals surface area contributed by atoms with E-state index in [0.29, 0.717) is 0 Å². The SMILES string of the molecule is C[N]C(=O)N(C)C(C)(C)C. The number of hydrogen-bond acceptors (Lipinski definition) is 1. The van der Waals surface area contributed by atoms with Crippen molar-refractivity contribution in [1.29, 1.82) is 0 Å². The van der Waals surface area contributed by atoms with Crippen LogP contribution in [0.2, 0.25) is 0 Å². The van der Waals surface area contributed by atoms with Gasteiger partial charge in [0.25, 0.3) is 0 Å². The van der Waals surface area contributed by atoms with Gasteiger partial charge in [0.05, 0.1) is 0 Å². The smallest absolute Gasteiger partial charge is 0.321 e. The van der Waals surface area contributed by atoms with Gasteiger partial charge in [-0.15, -0.1) is 0 Å². The van der Waals surface area contributed by atoms with Crippen molar-refractivity contribution in [3.63, 3.8) is 0 Å². The first-order valence-corrected chi connectivity index (χ1v) is 3.27. The van der Waals surface area contributed by atoms with Gasteiger partial charge in [-0.3, -0.25) is 0 Å². The number of rotatable bonds is 0. The van der Waals surface area contributed by atoms with E-state index in [-0.39, 0.29) is 11.6 Å².